The van der Waals surface area contributed by atoms with Gasteiger partial charge in [-0.25, -0.2) is 9.37 Å². The van der Waals surface area contributed by atoms with Crippen molar-refractivity contribution in [3.8, 4) is 0 Å². The fourth-order valence-corrected chi connectivity index (χ4v) is 1.66. The van der Waals surface area contributed by atoms with Gasteiger partial charge in [0.2, 0.25) is 0 Å². The van der Waals surface area contributed by atoms with E-state index in [1.807, 2.05) is 0 Å². The van der Waals surface area contributed by atoms with Gasteiger partial charge in [0.1, 0.15) is 18.2 Å². The van der Waals surface area contributed by atoms with Crippen LogP contribution in [-0.4, -0.2) is 14.7 Å². The molecule has 0 bridgehead atoms. The minimum absolute atomic E-state index is 0.153. The number of imidazole rings is 1. The van der Waals surface area contributed by atoms with Crippen LogP contribution in [-0.2, 0) is 13.2 Å². The maximum absolute atomic E-state index is 13.0. The number of nitrogens with zero attached hydrogens (tertiary/aromatic N) is 2. The number of aromatic nitrogens is 2. The summed E-state index contributed by atoms with van der Waals surface area (Å²) < 4.78 is 14.7. The summed E-state index contributed by atoms with van der Waals surface area (Å²) in [4.78, 5) is 3.96. The van der Waals surface area contributed by atoms with Gasteiger partial charge in [-0.1, -0.05) is 11.6 Å². The molecular formula is C11H10ClFN2O. The number of halogens is 2. The smallest absolute Gasteiger partial charge is 0.134 e. The normalized spacial score (nSPS) is 10.7. The molecule has 84 valence electrons. The van der Waals surface area contributed by atoms with Crippen LogP contribution < -0.4 is 0 Å². The molecule has 5 heteroatoms. The van der Waals surface area contributed by atoms with Crippen molar-refractivity contribution < 1.29 is 9.50 Å². The third-order valence-electron chi connectivity index (χ3n) is 2.29. The molecule has 0 atom stereocenters. The maximum Gasteiger partial charge on any atom is 0.134 e. The molecular weight excluding hydrogens is 231 g/mol. The summed E-state index contributed by atoms with van der Waals surface area (Å²) >= 11 is 5.95. The Hall–Kier alpha value is -1.39. The summed E-state index contributed by atoms with van der Waals surface area (Å²) in [5, 5.41) is 9.52. The highest BCUT2D eigenvalue weighted by atomic mass is 35.5. The maximum atomic E-state index is 13.0. The molecule has 0 saturated heterocycles. The highest BCUT2D eigenvalue weighted by Crippen LogP contribution is 2.18. The van der Waals surface area contributed by atoms with E-state index >= 15 is 0 Å². The average Bonchev–Trinajstić information content (AvgIpc) is 2.71. The molecule has 0 radical (unpaired) electrons. The van der Waals surface area contributed by atoms with Crippen LogP contribution in [0, 0.1) is 5.82 Å². The predicted molar refractivity (Wildman–Crippen MR) is 58.7 cm³/mol. The van der Waals surface area contributed by atoms with Gasteiger partial charge in [-0.05, 0) is 23.8 Å². The molecule has 0 fully saturated rings. The van der Waals surface area contributed by atoms with Crippen LogP contribution in [0.15, 0.2) is 30.6 Å². The van der Waals surface area contributed by atoms with Gasteiger partial charge >= 0.3 is 0 Å². The monoisotopic (exact) mass is 240 g/mol. The van der Waals surface area contributed by atoms with Gasteiger partial charge in [-0.2, -0.15) is 0 Å². The molecule has 1 aromatic carbocycles. The number of aliphatic hydroxyl groups excluding tert-OH is 1. The molecule has 1 N–H and O–H groups in total. The zero-order valence-electron chi connectivity index (χ0n) is 8.40. The van der Waals surface area contributed by atoms with Crippen LogP contribution in [0.3, 0.4) is 0 Å². The Morgan fingerprint density at radius 2 is 2.25 bits per heavy atom. The SMILES string of the molecule is OCc1nccn1Cc1cc(F)ccc1Cl. The van der Waals surface area contributed by atoms with Crippen LogP contribution in [0.25, 0.3) is 0 Å². The predicted octanol–water partition coefficient (Wildman–Crippen LogP) is 2.22. The van der Waals surface area contributed by atoms with E-state index in [0.717, 1.165) is 0 Å². The molecule has 1 aromatic heterocycles. The second-order valence-corrected chi connectivity index (χ2v) is 3.77. The van der Waals surface area contributed by atoms with Crippen LogP contribution in [0.1, 0.15) is 11.4 Å². The van der Waals surface area contributed by atoms with Gasteiger partial charge in [0.25, 0.3) is 0 Å². The van der Waals surface area contributed by atoms with Crippen LogP contribution in [0.4, 0.5) is 4.39 Å². The first-order valence-electron chi connectivity index (χ1n) is 4.75. The largest absolute Gasteiger partial charge is 0.388 e. The molecule has 1 heterocycles. The van der Waals surface area contributed by atoms with Crippen LogP contribution in [0.5, 0.6) is 0 Å². The first kappa shape index (κ1) is 11.1. The molecule has 0 aliphatic rings. The molecule has 0 aliphatic heterocycles. The number of hydrogen-bond donors (Lipinski definition) is 1. The molecule has 0 unspecified atom stereocenters. The Morgan fingerprint density at radius 3 is 3.00 bits per heavy atom. The summed E-state index contributed by atoms with van der Waals surface area (Å²) in [5.74, 6) is 0.199. The van der Waals surface area contributed by atoms with Crippen molar-refractivity contribution in [3.63, 3.8) is 0 Å². The Balaban J connectivity index is 2.30. The van der Waals surface area contributed by atoms with Crippen LogP contribution >= 0.6 is 11.6 Å². The van der Waals surface area contributed by atoms with E-state index in [0.29, 0.717) is 23.0 Å². The average molecular weight is 241 g/mol. The highest BCUT2D eigenvalue weighted by Gasteiger charge is 2.06. The van der Waals surface area contributed by atoms with Gasteiger partial charge in [-0.15, -0.1) is 0 Å². The van der Waals surface area contributed by atoms with Gasteiger partial charge < -0.3 is 9.67 Å². The second-order valence-electron chi connectivity index (χ2n) is 3.37. The van der Waals surface area contributed by atoms with E-state index < -0.39 is 0 Å². The lowest BCUT2D eigenvalue weighted by Gasteiger charge is -2.08. The van der Waals surface area contributed by atoms with Gasteiger partial charge in [0.15, 0.2) is 0 Å². The second kappa shape index (κ2) is 4.63. The number of benzene rings is 1. The van der Waals surface area contributed by atoms with Gasteiger partial charge in [-0.3, -0.25) is 0 Å². The zero-order valence-corrected chi connectivity index (χ0v) is 9.15. The van der Waals surface area contributed by atoms with E-state index in [-0.39, 0.29) is 12.4 Å². The topological polar surface area (TPSA) is 38.1 Å². The fraction of sp³-hybridized carbons (Fsp3) is 0.182. The molecule has 2 aromatic rings. The van der Waals surface area contributed by atoms with Crippen molar-refractivity contribution >= 4 is 11.6 Å². The van der Waals surface area contributed by atoms with E-state index in [1.165, 1.54) is 18.2 Å². The Kier molecular flexibility index (Phi) is 3.22. The highest BCUT2D eigenvalue weighted by molar-refractivity contribution is 6.31. The lowest BCUT2D eigenvalue weighted by atomic mass is 10.2. The number of hydrogen-bond acceptors (Lipinski definition) is 2. The summed E-state index contributed by atoms with van der Waals surface area (Å²) in [6.07, 6.45) is 3.30. The van der Waals surface area contributed by atoms with Crippen molar-refractivity contribution in [1.82, 2.24) is 9.55 Å². The lowest BCUT2D eigenvalue weighted by molar-refractivity contribution is 0.266. The van der Waals surface area contributed by atoms with E-state index in [4.69, 9.17) is 16.7 Å². The zero-order chi connectivity index (χ0) is 11.5. The van der Waals surface area contributed by atoms with E-state index in [2.05, 4.69) is 4.98 Å². The summed E-state index contributed by atoms with van der Waals surface area (Å²) in [6, 6.07) is 4.21. The minimum atomic E-state index is -0.329. The number of rotatable bonds is 3. The molecule has 0 aliphatic carbocycles. The summed E-state index contributed by atoms with van der Waals surface area (Å²) in [6.45, 7) is 0.242. The minimum Gasteiger partial charge on any atom is -0.388 e. The summed E-state index contributed by atoms with van der Waals surface area (Å²) in [5.41, 5.74) is 0.661. The van der Waals surface area contributed by atoms with Gasteiger partial charge in [0.05, 0.1) is 6.54 Å². The molecule has 3 nitrogen and oxygen atoms in total. The Labute approximate surface area is 97.1 Å². The molecule has 16 heavy (non-hydrogen) atoms. The van der Waals surface area contributed by atoms with Crippen molar-refractivity contribution in [2.24, 2.45) is 0 Å². The van der Waals surface area contributed by atoms with Gasteiger partial charge in [0, 0.05) is 17.4 Å². The number of aliphatic hydroxyl groups is 1. The quantitative estimate of drug-likeness (QED) is 0.893. The van der Waals surface area contributed by atoms with Crippen molar-refractivity contribution in [1.29, 1.82) is 0 Å². The van der Waals surface area contributed by atoms with E-state index in [1.54, 1.807) is 17.0 Å². The Morgan fingerprint density at radius 1 is 1.44 bits per heavy atom. The third-order valence-corrected chi connectivity index (χ3v) is 2.66. The Bertz CT molecular complexity index is 498. The van der Waals surface area contributed by atoms with Crippen molar-refractivity contribution in [3.05, 3.63) is 52.8 Å². The first-order chi connectivity index (χ1) is 7.70. The summed E-state index contributed by atoms with van der Waals surface area (Å²) in [7, 11) is 0. The fourth-order valence-electron chi connectivity index (χ4n) is 1.48. The first-order valence-corrected chi connectivity index (χ1v) is 5.13. The molecule has 0 amide bonds. The van der Waals surface area contributed by atoms with Crippen LogP contribution in [0.2, 0.25) is 5.02 Å². The molecule has 0 saturated carbocycles. The van der Waals surface area contributed by atoms with Crippen molar-refractivity contribution in [2.45, 2.75) is 13.2 Å². The van der Waals surface area contributed by atoms with Crippen molar-refractivity contribution in [2.75, 3.05) is 0 Å². The van der Waals surface area contributed by atoms with E-state index in [9.17, 15) is 4.39 Å². The lowest BCUT2D eigenvalue weighted by Crippen LogP contribution is -2.04. The third kappa shape index (κ3) is 2.23. The molecule has 0 spiro atoms. The molecule has 2 rings (SSSR count). The standard InChI is InChI=1S/C11H10ClFN2O/c12-10-2-1-9(13)5-8(10)6-15-4-3-14-11(15)7-16/h1-5,16H,6-7H2.